The van der Waals surface area contributed by atoms with Gasteiger partial charge in [-0.1, -0.05) is 6.92 Å². The zero-order valence-electron chi connectivity index (χ0n) is 9.19. The van der Waals surface area contributed by atoms with E-state index in [9.17, 15) is 9.59 Å². The number of piperidine rings is 1. The van der Waals surface area contributed by atoms with Gasteiger partial charge in [0.15, 0.2) is 0 Å². The number of likely N-dealkylation sites (tertiary alicyclic amines) is 1. The number of carbonyl (C=O) groups excluding carboxylic acids is 1. The lowest BCUT2D eigenvalue weighted by Crippen LogP contribution is -2.49. The standard InChI is InChI=1S/C10H18N2O3/c1-7-3-4-12(8(2)5-7)10(15)11-6-9(13)14/h7-8H,3-6H2,1-2H3,(H,11,15)(H,13,14). The SMILES string of the molecule is CC1CCN(C(=O)NCC(=O)O)C(C)C1. The molecule has 0 aromatic heterocycles. The predicted octanol–water partition coefficient (Wildman–Crippen LogP) is 0.901. The number of hydrogen-bond donors (Lipinski definition) is 2. The number of hydrogen-bond acceptors (Lipinski definition) is 2. The largest absolute Gasteiger partial charge is 0.480 e. The fourth-order valence-corrected chi connectivity index (χ4v) is 1.96. The maximum atomic E-state index is 11.6. The van der Waals surface area contributed by atoms with Gasteiger partial charge in [-0.05, 0) is 25.7 Å². The van der Waals surface area contributed by atoms with Crippen molar-refractivity contribution in [3.8, 4) is 0 Å². The highest BCUT2D eigenvalue weighted by atomic mass is 16.4. The van der Waals surface area contributed by atoms with E-state index >= 15 is 0 Å². The van der Waals surface area contributed by atoms with Crippen molar-refractivity contribution in [3.05, 3.63) is 0 Å². The van der Waals surface area contributed by atoms with Crippen molar-refractivity contribution in [3.63, 3.8) is 0 Å². The molecule has 2 atom stereocenters. The number of carboxylic acids is 1. The van der Waals surface area contributed by atoms with Gasteiger partial charge in [-0.15, -0.1) is 0 Å². The number of nitrogens with zero attached hydrogens (tertiary/aromatic N) is 1. The van der Waals surface area contributed by atoms with Crippen LogP contribution in [0.25, 0.3) is 0 Å². The van der Waals surface area contributed by atoms with Crippen molar-refractivity contribution in [1.82, 2.24) is 10.2 Å². The molecule has 1 saturated heterocycles. The lowest BCUT2D eigenvalue weighted by Gasteiger charge is -2.36. The monoisotopic (exact) mass is 214 g/mol. The van der Waals surface area contributed by atoms with E-state index < -0.39 is 5.97 Å². The molecule has 1 rings (SSSR count). The average molecular weight is 214 g/mol. The van der Waals surface area contributed by atoms with E-state index in [0.29, 0.717) is 12.5 Å². The van der Waals surface area contributed by atoms with Gasteiger partial charge in [0.1, 0.15) is 6.54 Å². The number of carboxylic acid groups (broad SMARTS) is 1. The summed E-state index contributed by atoms with van der Waals surface area (Å²) < 4.78 is 0. The second-order valence-electron chi connectivity index (χ2n) is 4.22. The van der Waals surface area contributed by atoms with Crippen LogP contribution in [0.2, 0.25) is 0 Å². The summed E-state index contributed by atoms with van der Waals surface area (Å²) in [4.78, 5) is 23.6. The molecule has 2 N–H and O–H groups in total. The van der Waals surface area contributed by atoms with E-state index in [-0.39, 0.29) is 18.6 Å². The molecule has 1 fully saturated rings. The number of carbonyl (C=O) groups is 2. The molecule has 0 saturated carbocycles. The molecule has 2 amide bonds. The first kappa shape index (κ1) is 11.8. The Labute approximate surface area is 89.4 Å². The van der Waals surface area contributed by atoms with Crippen molar-refractivity contribution >= 4 is 12.0 Å². The Balaban J connectivity index is 2.42. The normalized spacial score (nSPS) is 26.1. The smallest absolute Gasteiger partial charge is 0.323 e. The summed E-state index contributed by atoms with van der Waals surface area (Å²) in [6.45, 7) is 4.57. The molecule has 5 heteroatoms. The van der Waals surface area contributed by atoms with Gasteiger partial charge in [0.25, 0.3) is 0 Å². The fraction of sp³-hybridized carbons (Fsp3) is 0.800. The van der Waals surface area contributed by atoms with Crippen molar-refractivity contribution in [2.45, 2.75) is 32.7 Å². The first-order valence-corrected chi connectivity index (χ1v) is 5.27. The second kappa shape index (κ2) is 5.00. The lowest BCUT2D eigenvalue weighted by molar-refractivity contribution is -0.135. The number of amides is 2. The number of urea groups is 1. The molecule has 15 heavy (non-hydrogen) atoms. The fourth-order valence-electron chi connectivity index (χ4n) is 1.96. The summed E-state index contributed by atoms with van der Waals surface area (Å²) >= 11 is 0. The van der Waals surface area contributed by atoms with Gasteiger partial charge in [-0.25, -0.2) is 4.79 Å². The van der Waals surface area contributed by atoms with Gasteiger partial charge in [-0.2, -0.15) is 0 Å². The van der Waals surface area contributed by atoms with Crippen LogP contribution in [-0.2, 0) is 4.79 Å². The van der Waals surface area contributed by atoms with Gasteiger partial charge in [0.2, 0.25) is 0 Å². The van der Waals surface area contributed by atoms with Crippen LogP contribution in [0.15, 0.2) is 0 Å². The van der Waals surface area contributed by atoms with Gasteiger partial charge >= 0.3 is 12.0 Å². The van der Waals surface area contributed by atoms with Crippen molar-refractivity contribution in [2.75, 3.05) is 13.1 Å². The molecule has 0 aliphatic carbocycles. The Morgan fingerprint density at radius 2 is 2.13 bits per heavy atom. The second-order valence-corrected chi connectivity index (χ2v) is 4.22. The highest BCUT2D eigenvalue weighted by Gasteiger charge is 2.26. The van der Waals surface area contributed by atoms with E-state index in [1.54, 1.807) is 4.90 Å². The van der Waals surface area contributed by atoms with Crippen molar-refractivity contribution in [2.24, 2.45) is 5.92 Å². The first-order chi connectivity index (χ1) is 7.00. The Hall–Kier alpha value is -1.26. The third-order valence-corrected chi connectivity index (χ3v) is 2.79. The molecule has 1 aliphatic heterocycles. The summed E-state index contributed by atoms with van der Waals surface area (Å²) in [7, 11) is 0. The van der Waals surface area contributed by atoms with Crippen molar-refractivity contribution < 1.29 is 14.7 Å². The number of nitrogens with one attached hydrogen (secondary N) is 1. The Kier molecular flexibility index (Phi) is 3.94. The van der Waals surface area contributed by atoms with E-state index in [1.165, 1.54) is 0 Å². The molecule has 2 unspecified atom stereocenters. The van der Waals surface area contributed by atoms with Crippen LogP contribution in [0.1, 0.15) is 26.7 Å². The van der Waals surface area contributed by atoms with Crippen LogP contribution in [0.3, 0.4) is 0 Å². The Morgan fingerprint density at radius 1 is 1.47 bits per heavy atom. The molecule has 0 radical (unpaired) electrons. The minimum atomic E-state index is -1.01. The maximum Gasteiger partial charge on any atom is 0.323 e. The summed E-state index contributed by atoms with van der Waals surface area (Å²) in [6, 6.07) is -0.0701. The summed E-state index contributed by atoms with van der Waals surface area (Å²) in [5, 5.41) is 10.8. The molecule has 1 heterocycles. The Bertz CT molecular complexity index is 255. The summed E-state index contributed by atoms with van der Waals surface area (Å²) in [5.74, 6) is -0.370. The van der Waals surface area contributed by atoms with E-state index in [1.807, 2.05) is 6.92 Å². The zero-order chi connectivity index (χ0) is 11.4. The molecule has 0 bridgehead atoms. The zero-order valence-corrected chi connectivity index (χ0v) is 9.19. The molecule has 0 aromatic rings. The summed E-state index contributed by atoms with van der Waals surface area (Å²) in [5.41, 5.74) is 0. The molecular weight excluding hydrogens is 196 g/mol. The highest BCUT2D eigenvalue weighted by molar-refractivity contribution is 5.80. The van der Waals surface area contributed by atoms with Crippen LogP contribution in [0, 0.1) is 5.92 Å². The molecule has 0 spiro atoms. The molecule has 0 aromatic carbocycles. The van der Waals surface area contributed by atoms with E-state index in [0.717, 1.165) is 12.8 Å². The third kappa shape index (κ3) is 3.42. The minimum Gasteiger partial charge on any atom is -0.480 e. The summed E-state index contributed by atoms with van der Waals surface area (Å²) in [6.07, 6.45) is 1.98. The van der Waals surface area contributed by atoms with Gasteiger partial charge < -0.3 is 15.3 Å². The molecule has 86 valence electrons. The first-order valence-electron chi connectivity index (χ1n) is 5.27. The van der Waals surface area contributed by atoms with Crippen LogP contribution in [-0.4, -0.2) is 41.1 Å². The number of rotatable bonds is 2. The average Bonchev–Trinajstić information content (AvgIpc) is 2.14. The van der Waals surface area contributed by atoms with E-state index in [2.05, 4.69) is 12.2 Å². The third-order valence-electron chi connectivity index (χ3n) is 2.79. The van der Waals surface area contributed by atoms with Gasteiger partial charge in [0, 0.05) is 12.6 Å². The minimum absolute atomic E-state index is 0.197. The van der Waals surface area contributed by atoms with Crippen LogP contribution < -0.4 is 5.32 Å². The lowest BCUT2D eigenvalue weighted by atomic mass is 9.94. The Morgan fingerprint density at radius 3 is 2.67 bits per heavy atom. The van der Waals surface area contributed by atoms with Crippen molar-refractivity contribution in [1.29, 1.82) is 0 Å². The van der Waals surface area contributed by atoms with Crippen LogP contribution in [0.4, 0.5) is 4.79 Å². The molecule has 1 aliphatic rings. The maximum absolute atomic E-state index is 11.6. The number of aliphatic carboxylic acids is 1. The topological polar surface area (TPSA) is 69.6 Å². The van der Waals surface area contributed by atoms with Crippen LogP contribution >= 0.6 is 0 Å². The quantitative estimate of drug-likeness (QED) is 0.717. The van der Waals surface area contributed by atoms with Gasteiger partial charge in [-0.3, -0.25) is 4.79 Å². The molecular formula is C10H18N2O3. The highest BCUT2D eigenvalue weighted by Crippen LogP contribution is 2.21. The van der Waals surface area contributed by atoms with Gasteiger partial charge in [0.05, 0.1) is 0 Å². The predicted molar refractivity (Wildman–Crippen MR) is 55.6 cm³/mol. The van der Waals surface area contributed by atoms with E-state index in [4.69, 9.17) is 5.11 Å². The molecule has 5 nitrogen and oxygen atoms in total. The van der Waals surface area contributed by atoms with Crippen LogP contribution in [0.5, 0.6) is 0 Å².